The maximum Gasteiger partial charge on any atom is 0.222 e. The van der Waals surface area contributed by atoms with Gasteiger partial charge in [-0.1, -0.05) is 13.8 Å². The number of rotatable bonds is 7. The predicted octanol–water partition coefficient (Wildman–Crippen LogP) is 1.55. The summed E-state index contributed by atoms with van der Waals surface area (Å²) in [5.74, 6) is 2.23. The summed E-state index contributed by atoms with van der Waals surface area (Å²) in [4.78, 5) is 16.9. The summed E-state index contributed by atoms with van der Waals surface area (Å²) in [6.45, 7) is 10.2. The van der Waals surface area contributed by atoms with Crippen LogP contribution in [0.1, 0.15) is 39.5 Å². The zero-order valence-electron chi connectivity index (χ0n) is 13.2. The van der Waals surface area contributed by atoms with E-state index in [0.29, 0.717) is 30.7 Å². The second-order valence-corrected chi connectivity index (χ2v) is 7.06. The first kappa shape index (κ1) is 15.8. The number of carbonyl (C=O) groups excluding carboxylic acids is 1. The first-order valence-corrected chi connectivity index (χ1v) is 8.28. The number of nitrogens with zero attached hydrogens (tertiary/aromatic N) is 2. The van der Waals surface area contributed by atoms with Gasteiger partial charge in [-0.3, -0.25) is 9.69 Å². The molecule has 0 aromatic heterocycles. The average molecular weight is 281 g/mol. The van der Waals surface area contributed by atoms with Crippen LogP contribution >= 0.6 is 0 Å². The van der Waals surface area contributed by atoms with Gasteiger partial charge < -0.3 is 10.6 Å². The van der Waals surface area contributed by atoms with E-state index in [9.17, 15) is 4.79 Å². The number of hydrogen-bond donors (Lipinski definition) is 1. The topological polar surface area (TPSA) is 49.6 Å². The molecule has 1 saturated heterocycles. The molecule has 1 saturated carbocycles. The fourth-order valence-corrected chi connectivity index (χ4v) is 3.15. The SMILES string of the molecule is CC(C)CC(CN)CC(=O)N1CCN(CC2CC2)CC1. The van der Waals surface area contributed by atoms with Crippen molar-refractivity contribution in [1.29, 1.82) is 0 Å². The summed E-state index contributed by atoms with van der Waals surface area (Å²) in [6.07, 6.45) is 4.51. The Morgan fingerprint density at radius 1 is 1.20 bits per heavy atom. The molecule has 2 rings (SSSR count). The number of hydrogen-bond acceptors (Lipinski definition) is 3. The van der Waals surface area contributed by atoms with Crippen LogP contribution in [0.5, 0.6) is 0 Å². The molecule has 1 heterocycles. The number of nitrogens with two attached hydrogens (primary N) is 1. The standard InChI is InChI=1S/C16H31N3O/c1-13(2)9-15(11-17)10-16(20)19-7-5-18(6-8-19)12-14-3-4-14/h13-15H,3-12,17H2,1-2H3. The molecule has 1 amide bonds. The number of amides is 1. The highest BCUT2D eigenvalue weighted by Crippen LogP contribution is 2.30. The normalized spacial score (nSPS) is 22.3. The quantitative estimate of drug-likeness (QED) is 0.770. The first-order valence-electron chi connectivity index (χ1n) is 8.28. The molecule has 2 N–H and O–H groups in total. The van der Waals surface area contributed by atoms with Gasteiger partial charge in [0.15, 0.2) is 0 Å². The van der Waals surface area contributed by atoms with E-state index >= 15 is 0 Å². The van der Waals surface area contributed by atoms with Crippen molar-refractivity contribution in [3.8, 4) is 0 Å². The van der Waals surface area contributed by atoms with Gasteiger partial charge in [-0.25, -0.2) is 0 Å². The number of carbonyl (C=O) groups is 1. The summed E-state index contributed by atoms with van der Waals surface area (Å²) < 4.78 is 0. The molecule has 0 radical (unpaired) electrons. The van der Waals surface area contributed by atoms with Gasteiger partial charge in [-0.05, 0) is 43.6 Å². The van der Waals surface area contributed by atoms with Gasteiger partial charge in [-0.15, -0.1) is 0 Å². The van der Waals surface area contributed by atoms with Crippen molar-refractivity contribution in [2.24, 2.45) is 23.5 Å². The summed E-state index contributed by atoms with van der Waals surface area (Å²) in [6, 6.07) is 0. The maximum absolute atomic E-state index is 12.3. The van der Waals surface area contributed by atoms with Gasteiger partial charge in [0.25, 0.3) is 0 Å². The minimum atomic E-state index is 0.312. The van der Waals surface area contributed by atoms with Crippen LogP contribution in [0.15, 0.2) is 0 Å². The van der Waals surface area contributed by atoms with Crippen molar-refractivity contribution < 1.29 is 4.79 Å². The summed E-state index contributed by atoms with van der Waals surface area (Å²) in [5.41, 5.74) is 5.80. The first-order chi connectivity index (χ1) is 9.58. The Morgan fingerprint density at radius 3 is 2.35 bits per heavy atom. The Labute approximate surface area is 123 Å². The lowest BCUT2D eigenvalue weighted by molar-refractivity contribution is -0.134. The van der Waals surface area contributed by atoms with Crippen molar-refractivity contribution in [1.82, 2.24) is 9.80 Å². The Morgan fingerprint density at radius 2 is 1.85 bits per heavy atom. The highest BCUT2D eigenvalue weighted by Gasteiger charge is 2.28. The highest BCUT2D eigenvalue weighted by atomic mass is 16.2. The van der Waals surface area contributed by atoms with Gasteiger partial charge in [0.2, 0.25) is 5.91 Å². The summed E-state index contributed by atoms with van der Waals surface area (Å²) in [7, 11) is 0. The fraction of sp³-hybridized carbons (Fsp3) is 0.938. The van der Waals surface area contributed by atoms with E-state index in [1.165, 1.54) is 19.4 Å². The molecule has 0 bridgehead atoms. The van der Waals surface area contributed by atoms with Gasteiger partial charge >= 0.3 is 0 Å². The largest absolute Gasteiger partial charge is 0.340 e. The van der Waals surface area contributed by atoms with Crippen LogP contribution in [0.25, 0.3) is 0 Å². The lowest BCUT2D eigenvalue weighted by Gasteiger charge is -2.35. The molecule has 0 aromatic rings. The summed E-state index contributed by atoms with van der Waals surface area (Å²) in [5, 5.41) is 0. The molecular weight excluding hydrogens is 250 g/mol. The van der Waals surface area contributed by atoms with Crippen molar-refractivity contribution >= 4 is 5.91 Å². The second-order valence-electron chi connectivity index (χ2n) is 7.06. The van der Waals surface area contributed by atoms with Crippen molar-refractivity contribution in [3.63, 3.8) is 0 Å². The molecule has 1 aliphatic heterocycles. The zero-order valence-corrected chi connectivity index (χ0v) is 13.2. The van der Waals surface area contributed by atoms with Gasteiger partial charge in [0, 0.05) is 39.1 Å². The number of piperazine rings is 1. The van der Waals surface area contributed by atoms with Gasteiger partial charge in [0.1, 0.15) is 0 Å². The molecule has 2 aliphatic rings. The molecule has 20 heavy (non-hydrogen) atoms. The molecule has 1 aliphatic carbocycles. The highest BCUT2D eigenvalue weighted by molar-refractivity contribution is 5.76. The fourth-order valence-electron chi connectivity index (χ4n) is 3.15. The van der Waals surface area contributed by atoms with E-state index in [1.807, 2.05) is 4.90 Å². The third kappa shape index (κ3) is 5.06. The zero-order chi connectivity index (χ0) is 14.5. The third-order valence-electron chi connectivity index (χ3n) is 4.54. The van der Waals surface area contributed by atoms with Gasteiger partial charge in [-0.2, -0.15) is 0 Å². The van der Waals surface area contributed by atoms with Crippen LogP contribution < -0.4 is 5.73 Å². The molecule has 0 spiro atoms. The van der Waals surface area contributed by atoms with Crippen LogP contribution in [-0.4, -0.2) is 55.0 Å². The second kappa shape index (κ2) is 7.41. The predicted molar refractivity (Wildman–Crippen MR) is 82.4 cm³/mol. The van der Waals surface area contributed by atoms with E-state index in [1.54, 1.807) is 0 Å². The van der Waals surface area contributed by atoms with Gasteiger partial charge in [0.05, 0.1) is 0 Å². The van der Waals surface area contributed by atoms with Crippen molar-refractivity contribution in [2.45, 2.75) is 39.5 Å². The van der Waals surface area contributed by atoms with E-state index in [0.717, 1.165) is 38.5 Å². The van der Waals surface area contributed by atoms with Crippen LogP contribution in [0.3, 0.4) is 0 Å². The Hall–Kier alpha value is -0.610. The molecular formula is C16H31N3O. The molecule has 116 valence electrons. The van der Waals surface area contributed by atoms with E-state index < -0.39 is 0 Å². The molecule has 1 atom stereocenters. The van der Waals surface area contributed by atoms with E-state index in [-0.39, 0.29) is 0 Å². The van der Waals surface area contributed by atoms with Crippen molar-refractivity contribution in [2.75, 3.05) is 39.3 Å². The molecule has 0 aromatic carbocycles. The lowest BCUT2D eigenvalue weighted by atomic mass is 9.93. The lowest BCUT2D eigenvalue weighted by Crippen LogP contribution is -2.49. The maximum atomic E-state index is 12.3. The molecule has 2 fully saturated rings. The molecule has 1 unspecified atom stereocenters. The molecule has 4 heteroatoms. The van der Waals surface area contributed by atoms with E-state index in [4.69, 9.17) is 5.73 Å². The Balaban J connectivity index is 1.70. The minimum absolute atomic E-state index is 0.312. The minimum Gasteiger partial charge on any atom is -0.340 e. The third-order valence-corrected chi connectivity index (χ3v) is 4.54. The summed E-state index contributed by atoms with van der Waals surface area (Å²) >= 11 is 0. The monoisotopic (exact) mass is 281 g/mol. The van der Waals surface area contributed by atoms with Crippen LogP contribution in [0.4, 0.5) is 0 Å². The Bertz CT molecular complexity index is 307. The van der Waals surface area contributed by atoms with Crippen LogP contribution in [0, 0.1) is 17.8 Å². The Kier molecular flexibility index (Phi) is 5.85. The smallest absolute Gasteiger partial charge is 0.222 e. The van der Waals surface area contributed by atoms with Crippen LogP contribution in [0.2, 0.25) is 0 Å². The molecule has 4 nitrogen and oxygen atoms in total. The van der Waals surface area contributed by atoms with Crippen molar-refractivity contribution in [3.05, 3.63) is 0 Å². The average Bonchev–Trinajstić information content (AvgIpc) is 3.22. The van der Waals surface area contributed by atoms with E-state index in [2.05, 4.69) is 18.7 Å². The van der Waals surface area contributed by atoms with Crippen LogP contribution in [-0.2, 0) is 4.79 Å².